The molecule has 0 saturated heterocycles. The molecule has 0 bridgehead atoms. The van der Waals surface area contributed by atoms with E-state index in [0.29, 0.717) is 10.8 Å². The van der Waals surface area contributed by atoms with Crippen LogP contribution in [0.1, 0.15) is 53.6 Å². The van der Waals surface area contributed by atoms with E-state index in [2.05, 4.69) is 4.72 Å². The van der Waals surface area contributed by atoms with Gasteiger partial charge in [-0.1, -0.05) is 19.3 Å². The maximum absolute atomic E-state index is 12.4. The highest BCUT2D eigenvalue weighted by Gasteiger charge is 2.27. The van der Waals surface area contributed by atoms with Gasteiger partial charge in [0.25, 0.3) is 0 Å². The van der Waals surface area contributed by atoms with Crippen LogP contribution in [0.3, 0.4) is 0 Å². The van der Waals surface area contributed by atoms with E-state index < -0.39 is 16.0 Å². The summed E-state index contributed by atoms with van der Waals surface area (Å²) in [6.45, 7) is 3.53. The van der Waals surface area contributed by atoms with E-state index in [1.165, 1.54) is 12.5 Å². The molecule has 1 heterocycles. The van der Waals surface area contributed by atoms with Crippen molar-refractivity contribution in [3.05, 3.63) is 15.8 Å². The van der Waals surface area contributed by atoms with Gasteiger partial charge in [-0.25, -0.2) is 17.9 Å². The summed E-state index contributed by atoms with van der Waals surface area (Å²) in [7, 11) is -3.66. The first-order chi connectivity index (χ1) is 9.81. The Kier molecular flexibility index (Phi) is 5.06. The summed E-state index contributed by atoms with van der Waals surface area (Å²) in [4.78, 5) is 11.6. The lowest BCUT2D eigenvalue weighted by Crippen LogP contribution is -2.38. The van der Waals surface area contributed by atoms with Crippen LogP contribution in [0, 0.1) is 12.8 Å². The molecule has 1 aromatic heterocycles. The fraction of sp³-hybridized carbons (Fsp3) is 0.643. The lowest BCUT2D eigenvalue weighted by molar-refractivity contribution is 0.0702. The molecule has 1 saturated carbocycles. The summed E-state index contributed by atoms with van der Waals surface area (Å²) in [5.74, 6) is -0.726. The van der Waals surface area contributed by atoms with Crippen LogP contribution in [0.15, 0.2) is 11.0 Å². The Morgan fingerprint density at radius 2 is 2.00 bits per heavy atom. The smallest absolute Gasteiger partial charge is 0.345 e. The van der Waals surface area contributed by atoms with Crippen molar-refractivity contribution in [2.24, 2.45) is 5.92 Å². The molecule has 0 aliphatic heterocycles. The average molecular weight is 331 g/mol. The van der Waals surface area contributed by atoms with Crippen LogP contribution in [0.5, 0.6) is 0 Å². The molecule has 7 heteroatoms. The van der Waals surface area contributed by atoms with Gasteiger partial charge in [-0.3, -0.25) is 0 Å². The fourth-order valence-corrected chi connectivity index (χ4v) is 5.62. The minimum Gasteiger partial charge on any atom is -0.477 e. The zero-order chi connectivity index (χ0) is 15.6. The summed E-state index contributed by atoms with van der Waals surface area (Å²) in [6, 6.07) is 1.13. The standard InChI is InChI=1S/C14H21NO4S2/c1-9(11-6-4-3-5-7-11)15-21(18,19)13-8-12(14(16)17)20-10(13)2/h8-9,11,15H,3-7H2,1-2H3,(H,16,17)/t9-/m0/s1. The highest BCUT2D eigenvalue weighted by molar-refractivity contribution is 7.89. The van der Waals surface area contributed by atoms with Crippen molar-refractivity contribution in [1.82, 2.24) is 4.72 Å². The van der Waals surface area contributed by atoms with E-state index in [9.17, 15) is 13.2 Å². The number of aromatic carboxylic acids is 1. The summed E-state index contributed by atoms with van der Waals surface area (Å²) in [5, 5.41) is 8.97. The summed E-state index contributed by atoms with van der Waals surface area (Å²) < 4.78 is 27.6. The first kappa shape index (κ1) is 16.5. The molecule has 1 aromatic rings. The molecule has 118 valence electrons. The number of rotatable bonds is 5. The number of sulfonamides is 1. The van der Waals surface area contributed by atoms with E-state index in [4.69, 9.17) is 5.11 Å². The second-order valence-corrected chi connectivity index (χ2v) is 8.58. The quantitative estimate of drug-likeness (QED) is 0.869. The first-order valence-electron chi connectivity index (χ1n) is 7.17. The molecule has 0 unspecified atom stereocenters. The number of nitrogens with one attached hydrogen (secondary N) is 1. The van der Waals surface area contributed by atoms with Crippen molar-refractivity contribution in [3.63, 3.8) is 0 Å². The Balaban J connectivity index is 2.16. The van der Waals surface area contributed by atoms with Crippen LogP contribution in [0.2, 0.25) is 0 Å². The van der Waals surface area contributed by atoms with E-state index >= 15 is 0 Å². The van der Waals surface area contributed by atoms with Gasteiger partial charge in [0.05, 0.1) is 4.90 Å². The third kappa shape index (κ3) is 3.84. The molecule has 2 N–H and O–H groups in total. The van der Waals surface area contributed by atoms with Gasteiger partial charge in [0.1, 0.15) is 4.88 Å². The lowest BCUT2D eigenvalue weighted by Gasteiger charge is -2.28. The molecular formula is C14H21NO4S2. The molecule has 1 fully saturated rings. The van der Waals surface area contributed by atoms with Crippen LogP contribution in [0.25, 0.3) is 0 Å². The van der Waals surface area contributed by atoms with Crippen LogP contribution >= 0.6 is 11.3 Å². The molecule has 2 rings (SSSR count). The zero-order valence-corrected chi connectivity index (χ0v) is 13.9. The van der Waals surface area contributed by atoms with Crippen LogP contribution in [-0.4, -0.2) is 25.5 Å². The van der Waals surface area contributed by atoms with Crippen molar-refractivity contribution in [1.29, 1.82) is 0 Å². The van der Waals surface area contributed by atoms with E-state index in [1.807, 2.05) is 6.92 Å². The Labute approximate surface area is 129 Å². The van der Waals surface area contributed by atoms with Gasteiger partial charge in [0.2, 0.25) is 10.0 Å². The van der Waals surface area contributed by atoms with E-state index in [0.717, 1.165) is 37.0 Å². The number of hydrogen-bond acceptors (Lipinski definition) is 4. The highest BCUT2D eigenvalue weighted by Crippen LogP contribution is 2.29. The summed E-state index contributed by atoms with van der Waals surface area (Å²) in [6.07, 6.45) is 5.62. The Morgan fingerprint density at radius 3 is 2.52 bits per heavy atom. The second-order valence-electron chi connectivity index (χ2n) is 5.64. The number of hydrogen-bond donors (Lipinski definition) is 2. The van der Waals surface area contributed by atoms with Crippen molar-refractivity contribution in [2.45, 2.75) is 56.9 Å². The highest BCUT2D eigenvalue weighted by atomic mass is 32.2. The monoisotopic (exact) mass is 331 g/mol. The summed E-state index contributed by atoms with van der Waals surface area (Å²) >= 11 is 0.993. The third-order valence-corrected chi connectivity index (χ3v) is 6.92. The van der Waals surface area contributed by atoms with Crippen molar-refractivity contribution in [2.75, 3.05) is 0 Å². The van der Waals surface area contributed by atoms with Gasteiger partial charge in [-0.2, -0.15) is 0 Å². The minimum atomic E-state index is -3.66. The maximum atomic E-state index is 12.4. The van der Waals surface area contributed by atoms with Crippen LogP contribution in [0.4, 0.5) is 0 Å². The maximum Gasteiger partial charge on any atom is 0.345 e. The lowest BCUT2D eigenvalue weighted by atomic mass is 9.85. The van der Waals surface area contributed by atoms with Crippen LogP contribution in [-0.2, 0) is 10.0 Å². The van der Waals surface area contributed by atoms with Crippen molar-refractivity contribution < 1.29 is 18.3 Å². The first-order valence-corrected chi connectivity index (χ1v) is 9.47. The van der Waals surface area contributed by atoms with Gasteiger partial charge in [-0.15, -0.1) is 11.3 Å². The molecular weight excluding hydrogens is 310 g/mol. The largest absolute Gasteiger partial charge is 0.477 e. The zero-order valence-electron chi connectivity index (χ0n) is 12.3. The van der Waals surface area contributed by atoms with Gasteiger partial charge in [-0.05, 0) is 38.7 Å². The summed E-state index contributed by atoms with van der Waals surface area (Å²) in [5.41, 5.74) is 0. The fourth-order valence-electron chi connectivity index (χ4n) is 2.88. The Morgan fingerprint density at radius 1 is 1.38 bits per heavy atom. The second kappa shape index (κ2) is 6.46. The molecule has 0 spiro atoms. The van der Waals surface area contributed by atoms with Gasteiger partial charge in [0, 0.05) is 10.9 Å². The number of thiophene rings is 1. The molecule has 1 aliphatic rings. The Bertz CT molecular complexity index is 615. The normalized spacial score (nSPS) is 18.6. The molecule has 0 aromatic carbocycles. The molecule has 0 radical (unpaired) electrons. The third-order valence-electron chi connectivity index (χ3n) is 4.07. The van der Waals surface area contributed by atoms with E-state index in [-0.39, 0.29) is 15.8 Å². The number of carboxylic acid groups (broad SMARTS) is 1. The number of carboxylic acids is 1. The molecule has 0 amide bonds. The molecule has 21 heavy (non-hydrogen) atoms. The van der Waals surface area contributed by atoms with Gasteiger partial charge in [0.15, 0.2) is 0 Å². The predicted octanol–water partition coefficient (Wildman–Crippen LogP) is 3.00. The SMILES string of the molecule is Cc1sc(C(=O)O)cc1S(=O)(=O)N[C@@H](C)C1CCCCC1. The Hall–Kier alpha value is -0.920. The molecule has 1 atom stereocenters. The molecule has 1 aliphatic carbocycles. The van der Waals surface area contributed by atoms with Crippen molar-refractivity contribution >= 4 is 27.3 Å². The van der Waals surface area contributed by atoms with Gasteiger partial charge >= 0.3 is 5.97 Å². The number of carbonyl (C=O) groups is 1. The molecule has 5 nitrogen and oxygen atoms in total. The predicted molar refractivity (Wildman–Crippen MR) is 82.4 cm³/mol. The average Bonchev–Trinajstić information content (AvgIpc) is 2.82. The topological polar surface area (TPSA) is 83.5 Å². The van der Waals surface area contributed by atoms with Gasteiger partial charge < -0.3 is 5.11 Å². The van der Waals surface area contributed by atoms with Crippen LogP contribution < -0.4 is 4.72 Å². The number of aryl methyl sites for hydroxylation is 1. The van der Waals surface area contributed by atoms with Crippen molar-refractivity contribution in [3.8, 4) is 0 Å². The minimum absolute atomic E-state index is 0.0539. The van der Waals surface area contributed by atoms with E-state index in [1.54, 1.807) is 6.92 Å².